The number of sulfonamides is 1. The third kappa shape index (κ3) is 5.36. The molecule has 1 saturated heterocycles. The highest BCUT2D eigenvalue weighted by molar-refractivity contribution is 7.89. The Bertz CT molecular complexity index is 1110. The number of nitrogens with one attached hydrogen (secondary N) is 1. The van der Waals surface area contributed by atoms with E-state index >= 15 is 0 Å². The summed E-state index contributed by atoms with van der Waals surface area (Å²) in [6.45, 7) is 5.53. The molecule has 2 aromatic rings. The minimum Gasteiger partial charge on any atom is -0.490 e. The topological polar surface area (TPSA) is 84.9 Å². The van der Waals surface area contributed by atoms with E-state index in [4.69, 9.17) is 9.47 Å². The zero-order chi connectivity index (χ0) is 24.3. The molecule has 0 unspecified atom stereocenters. The van der Waals surface area contributed by atoms with Crippen molar-refractivity contribution in [2.45, 2.75) is 44.0 Å². The van der Waals surface area contributed by atoms with E-state index in [0.717, 1.165) is 12.0 Å². The van der Waals surface area contributed by atoms with Gasteiger partial charge in [0.2, 0.25) is 15.9 Å². The van der Waals surface area contributed by atoms with Crippen molar-refractivity contribution in [2.75, 3.05) is 26.3 Å². The van der Waals surface area contributed by atoms with Crippen molar-refractivity contribution < 1.29 is 27.1 Å². The summed E-state index contributed by atoms with van der Waals surface area (Å²) in [4.78, 5) is 13.2. The Hall–Kier alpha value is -2.65. The molecule has 1 fully saturated rings. The van der Waals surface area contributed by atoms with E-state index in [1.54, 1.807) is 18.2 Å². The van der Waals surface area contributed by atoms with Crippen molar-refractivity contribution in [2.24, 2.45) is 11.8 Å². The molecule has 2 heterocycles. The van der Waals surface area contributed by atoms with Gasteiger partial charge in [-0.1, -0.05) is 26.0 Å². The van der Waals surface area contributed by atoms with Crippen molar-refractivity contribution in [3.63, 3.8) is 0 Å². The average molecular weight is 491 g/mol. The first kappa shape index (κ1) is 24.5. The SMILES string of the molecule is CC(C)[C@H](NC(=O)C1CCN(S(=O)(=O)c2ccc3c(c2)OCCCO3)CC1)c1ccc(F)cc1. The summed E-state index contributed by atoms with van der Waals surface area (Å²) in [6, 6.07) is 10.6. The number of hydrogen-bond donors (Lipinski definition) is 1. The molecule has 2 aromatic carbocycles. The van der Waals surface area contributed by atoms with Crippen LogP contribution >= 0.6 is 0 Å². The van der Waals surface area contributed by atoms with E-state index in [2.05, 4.69) is 5.32 Å². The van der Waals surface area contributed by atoms with Crippen LogP contribution in [0.25, 0.3) is 0 Å². The van der Waals surface area contributed by atoms with E-state index in [-0.39, 0.29) is 47.6 Å². The number of ether oxygens (including phenoxy) is 2. The van der Waals surface area contributed by atoms with Gasteiger partial charge in [0.15, 0.2) is 11.5 Å². The van der Waals surface area contributed by atoms with Gasteiger partial charge >= 0.3 is 0 Å². The standard InChI is InChI=1S/C25H31FN2O5S/c1-17(2)24(18-4-6-20(26)7-5-18)27-25(29)19-10-12-28(13-11-19)34(30,31)21-8-9-22-23(16-21)33-15-3-14-32-22/h4-9,16-17,19,24H,3,10-15H2,1-2H3,(H,27,29)/t24-/m0/s1. The molecule has 1 amide bonds. The van der Waals surface area contributed by atoms with Crippen LogP contribution in [0.5, 0.6) is 11.5 Å². The molecule has 2 aliphatic rings. The molecule has 1 N–H and O–H groups in total. The molecule has 0 bridgehead atoms. The Morgan fingerprint density at radius 2 is 1.68 bits per heavy atom. The van der Waals surface area contributed by atoms with E-state index < -0.39 is 10.0 Å². The fourth-order valence-electron chi connectivity index (χ4n) is 4.39. The molecular formula is C25H31FN2O5S. The third-order valence-corrected chi connectivity index (χ3v) is 8.27. The van der Waals surface area contributed by atoms with Crippen molar-refractivity contribution in [1.82, 2.24) is 9.62 Å². The third-order valence-electron chi connectivity index (χ3n) is 6.38. The van der Waals surface area contributed by atoms with Crippen LogP contribution in [0.15, 0.2) is 47.4 Å². The second kappa shape index (κ2) is 10.3. The van der Waals surface area contributed by atoms with Gasteiger partial charge in [0.25, 0.3) is 0 Å². The summed E-state index contributed by atoms with van der Waals surface area (Å²) < 4.78 is 52.4. The lowest BCUT2D eigenvalue weighted by molar-refractivity contribution is -0.127. The zero-order valence-electron chi connectivity index (χ0n) is 19.5. The normalized spacial score (nSPS) is 18.4. The Morgan fingerprint density at radius 3 is 2.32 bits per heavy atom. The molecule has 0 saturated carbocycles. The van der Waals surface area contributed by atoms with Gasteiger partial charge in [-0.3, -0.25) is 4.79 Å². The van der Waals surface area contributed by atoms with Crippen molar-refractivity contribution in [3.05, 3.63) is 53.8 Å². The monoisotopic (exact) mass is 490 g/mol. The molecule has 184 valence electrons. The highest BCUT2D eigenvalue weighted by Gasteiger charge is 2.33. The lowest BCUT2D eigenvalue weighted by Gasteiger charge is -2.32. The second-order valence-corrected chi connectivity index (χ2v) is 11.1. The lowest BCUT2D eigenvalue weighted by Crippen LogP contribution is -2.44. The summed E-state index contributed by atoms with van der Waals surface area (Å²) in [5.41, 5.74) is 0.846. The molecule has 0 spiro atoms. The van der Waals surface area contributed by atoms with Crippen molar-refractivity contribution in [3.8, 4) is 11.5 Å². The van der Waals surface area contributed by atoms with Gasteiger partial charge in [-0.05, 0) is 48.6 Å². The first-order chi connectivity index (χ1) is 16.3. The van der Waals surface area contributed by atoms with Gasteiger partial charge in [0, 0.05) is 31.5 Å². The number of hydrogen-bond acceptors (Lipinski definition) is 5. The molecule has 1 atom stereocenters. The van der Waals surface area contributed by atoms with Gasteiger partial charge in [0.05, 0.1) is 24.2 Å². The minimum absolute atomic E-state index is 0.101. The predicted octanol–water partition coefficient (Wildman–Crippen LogP) is 3.90. The highest BCUT2D eigenvalue weighted by atomic mass is 32.2. The molecule has 9 heteroatoms. The van der Waals surface area contributed by atoms with Gasteiger partial charge in [-0.15, -0.1) is 0 Å². The fraction of sp³-hybridized carbons (Fsp3) is 0.480. The Kier molecular flexibility index (Phi) is 7.42. The number of fused-ring (bicyclic) bond motifs is 1. The zero-order valence-corrected chi connectivity index (χ0v) is 20.3. The number of halogens is 1. The van der Waals surface area contributed by atoms with Gasteiger partial charge in [-0.25, -0.2) is 12.8 Å². The van der Waals surface area contributed by atoms with Gasteiger partial charge < -0.3 is 14.8 Å². The maximum atomic E-state index is 13.3. The number of benzene rings is 2. The number of carbonyl (C=O) groups is 1. The number of carbonyl (C=O) groups excluding carboxylic acids is 1. The quantitative estimate of drug-likeness (QED) is 0.664. The predicted molar refractivity (Wildman–Crippen MR) is 126 cm³/mol. The van der Waals surface area contributed by atoms with E-state index in [1.165, 1.54) is 28.6 Å². The summed E-state index contributed by atoms with van der Waals surface area (Å²) >= 11 is 0. The first-order valence-corrected chi connectivity index (χ1v) is 13.2. The van der Waals surface area contributed by atoms with E-state index in [0.29, 0.717) is 37.6 Å². The van der Waals surface area contributed by atoms with E-state index in [9.17, 15) is 17.6 Å². The molecule has 34 heavy (non-hydrogen) atoms. The molecule has 0 aromatic heterocycles. The van der Waals surface area contributed by atoms with Crippen molar-refractivity contribution >= 4 is 15.9 Å². The second-order valence-electron chi connectivity index (χ2n) is 9.12. The number of nitrogens with zero attached hydrogens (tertiary/aromatic N) is 1. The summed E-state index contributed by atoms with van der Waals surface area (Å²) in [6.07, 6.45) is 1.61. The maximum Gasteiger partial charge on any atom is 0.243 e. The highest BCUT2D eigenvalue weighted by Crippen LogP contribution is 2.34. The van der Waals surface area contributed by atoms with Crippen molar-refractivity contribution in [1.29, 1.82) is 0 Å². The van der Waals surface area contributed by atoms with E-state index in [1.807, 2.05) is 13.8 Å². The Balaban J connectivity index is 1.39. The molecular weight excluding hydrogens is 459 g/mol. The van der Waals surface area contributed by atoms with Crippen LogP contribution in [0.2, 0.25) is 0 Å². The Labute approximate surface area is 200 Å². The molecule has 4 rings (SSSR count). The van der Waals surface area contributed by atoms with Gasteiger partial charge in [-0.2, -0.15) is 4.31 Å². The van der Waals surface area contributed by atoms with Crippen LogP contribution in [0, 0.1) is 17.7 Å². The van der Waals surface area contributed by atoms with Crippen LogP contribution in [0.4, 0.5) is 4.39 Å². The summed E-state index contributed by atoms with van der Waals surface area (Å²) in [7, 11) is -3.71. The van der Waals surface area contributed by atoms with Crippen LogP contribution in [-0.2, 0) is 14.8 Å². The molecule has 0 radical (unpaired) electrons. The lowest BCUT2D eigenvalue weighted by atomic mass is 9.92. The summed E-state index contributed by atoms with van der Waals surface area (Å²) in [5, 5.41) is 3.09. The smallest absolute Gasteiger partial charge is 0.243 e. The number of piperidine rings is 1. The van der Waals surface area contributed by atoms with Crippen LogP contribution in [0.1, 0.15) is 44.7 Å². The fourth-order valence-corrected chi connectivity index (χ4v) is 5.87. The summed E-state index contributed by atoms with van der Waals surface area (Å²) in [5.74, 6) is 0.405. The minimum atomic E-state index is -3.71. The number of amides is 1. The van der Waals surface area contributed by atoms with Crippen LogP contribution in [-0.4, -0.2) is 44.9 Å². The molecule has 0 aliphatic carbocycles. The largest absolute Gasteiger partial charge is 0.490 e. The Morgan fingerprint density at radius 1 is 1.03 bits per heavy atom. The van der Waals surface area contributed by atoms with Gasteiger partial charge in [0.1, 0.15) is 5.82 Å². The average Bonchev–Trinajstić information content (AvgIpc) is 3.08. The molecule has 2 aliphatic heterocycles. The number of rotatable bonds is 6. The molecule has 7 nitrogen and oxygen atoms in total. The first-order valence-electron chi connectivity index (χ1n) is 11.7. The van der Waals surface area contributed by atoms with Crippen LogP contribution < -0.4 is 14.8 Å². The maximum absolute atomic E-state index is 13.3. The van der Waals surface area contributed by atoms with Crippen LogP contribution in [0.3, 0.4) is 0 Å².